The van der Waals surface area contributed by atoms with Crippen LogP contribution in [0.4, 0.5) is 0 Å². The molecule has 0 bridgehead atoms. The number of likely N-dealkylation sites (tertiary alicyclic amines) is 1. The van der Waals surface area contributed by atoms with Gasteiger partial charge in [-0.25, -0.2) is 0 Å². The van der Waals surface area contributed by atoms with E-state index in [2.05, 4.69) is 49.5 Å². The molecule has 142 valence electrons. The fourth-order valence-electron chi connectivity index (χ4n) is 3.80. The Morgan fingerprint density at radius 1 is 1.12 bits per heavy atom. The maximum atomic E-state index is 13.1. The molecule has 26 heavy (non-hydrogen) atoms. The van der Waals surface area contributed by atoms with E-state index in [0.29, 0.717) is 5.92 Å². The molecule has 4 heteroatoms. The summed E-state index contributed by atoms with van der Waals surface area (Å²) in [7, 11) is 0. The number of carbonyl (C=O) groups excluding carboxylic acids is 2. The zero-order valence-electron chi connectivity index (χ0n) is 16.1. The molecule has 2 aliphatic rings. The molecule has 1 aromatic rings. The first-order chi connectivity index (χ1) is 12.6. The number of amides is 2. The van der Waals surface area contributed by atoms with Crippen LogP contribution < -0.4 is 5.32 Å². The molecule has 0 aromatic heterocycles. The Balaban J connectivity index is 1.54. The van der Waals surface area contributed by atoms with E-state index in [1.54, 1.807) is 0 Å². The summed E-state index contributed by atoms with van der Waals surface area (Å²) in [4.78, 5) is 27.2. The zero-order valence-corrected chi connectivity index (χ0v) is 16.1. The van der Waals surface area contributed by atoms with E-state index in [1.165, 1.54) is 5.56 Å². The highest BCUT2D eigenvalue weighted by Crippen LogP contribution is 2.29. The molecule has 1 N–H and O–H groups in total. The Morgan fingerprint density at radius 3 is 2.35 bits per heavy atom. The summed E-state index contributed by atoms with van der Waals surface area (Å²) in [5, 5.41) is 3.05. The Morgan fingerprint density at radius 2 is 1.77 bits per heavy atom. The molecule has 1 aromatic carbocycles. The van der Waals surface area contributed by atoms with Crippen molar-refractivity contribution < 1.29 is 9.59 Å². The fourth-order valence-corrected chi connectivity index (χ4v) is 3.80. The number of benzene rings is 1. The SMILES string of the molecule is CCC(C)C(NC(=O)C1CC1)C(=O)N1CCC(Cc2ccccc2)CC1. The minimum Gasteiger partial charge on any atom is -0.344 e. The summed E-state index contributed by atoms with van der Waals surface area (Å²) < 4.78 is 0. The molecule has 4 nitrogen and oxygen atoms in total. The van der Waals surface area contributed by atoms with E-state index in [-0.39, 0.29) is 29.7 Å². The van der Waals surface area contributed by atoms with Crippen LogP contribution in [0.25, 0.3) is 0 Å². The first-order valence-electron chi connectivity index (χ1n) is 10.2. The summed E-state index contributed by atoms with van der Waals surface area (Å²) in [6.07, 6.45) is 6.02. The van der Waals surface area contributed by atoms with Crippen molar-refractivity contribution in [2.75, 3.05) is 13.1 Å². The number of carbonyl (C=O) groups is 2. The lowest BCUT2D eigenvalue weighted by atomic mass is 9.89. The van der Waals surface area contributed by atoms with Crippen LogP contribution in [0.3, 0.4) is 0 Å². The number of nitrogens with zero attached hydrogens (tertiary/aromatic N) is 1. The van der Waals surface area contributed by atoms with Crippen molar-refractivity contribution in [2.24, 2.45) is 17.8 Å². The standard InChI is InChI=1S/C22H32N2O2/c1-3-16(2)20(23-21(25)19-9-10-19)22(26)24-13-11-18(12-14-24)15-17-7-5-4-6-8-17/h4-8,16,18-20H,3,9-15H2,1-2H3,(H,23,25). The van der Waals surface area contributed by atoms with Gasteiger partial charge in [-0.3, -0.25) is 9.59 Å². The van der Waals surface area contributed by atoms with Crippen LogP contribution in [0.5, 0.6) is 0 Å². The Labute approximate surface area is 157 Å². The molecule has 0 spiro atoms. The van der Waals surface area contributed by atoms with E-state index < -0.39 is 0 Å². The Hall–Kier alpha value is -1.84. The summed E-state index contributed by atoms with van der Waals surface area (Å²) in [5.74, 6) is 1.15. The van der Waals surface area contributed by atoms with E-state index in [1.807, 2.05) is 4.90 Å². The van der Waals surface area contributed by atoms with Gasteiger partial charge in [0.1, 0.15) is 6.04 Å². The van der Waals surface area contributed by atoms with Gasteiger partial charge in [0.05, 0.1) is 0 Å². The van der Waals surface area contributed by atoms with E-state index >= 15 is 0 Å². The topological polar surface area (TPSA) is 49.4 Å². The van der Waals surface area contributed by atoms with Gasteiger partial charge >= 0.3 is 0 Å². The van der Waals surface area contributed by atoms with Gasteiger partial charge in [0, 0.05) is 19.0 Å². The van der Waals surface area contributed by atoms with Gasteiger partial charge in [0.2, 0.25) is 11.8 Å². The van der Waals surface area contributed by atoms with E-state index in [0.717, 1.165) is 51.6 Å². The highest BCUT2D eigenvalue weighted by Gasteiger charge is 2.36. The third kappa shape index (κ3) is 4.87. The molecular weight excluding hydrogens is 324 g/mol. The molecule has 2 fully saturated rings. The van der Waals surface area contributed by atoms with Gasteiger partial charge in [-0.05, 0) is 49.5 Å². The van der Waals surface area contributed by atoms with Crippen LogP contribution in [0.15, 0.2) is 30.3 Å². The summed E-state index contributed by atoms with van der Waals surface area (Å²) in [6, 6.07) is 10.2. The Kier molecular flexibility index (Phi) is 6.33. The molecule has 1 saturated carbocycles. The molecular formula is C22H32N2O2. The number of nitrogens with one attached hydrogen (secondary N) is 1. The molecule has 2 unspecified atom stereocenters. The second-order valence-corrected chi connectivity index (χ2v) is 8.10. The van der Waals surface area contributed by atoms with E-state index in [4.69, 9.17) is 0 Å². The number of rotatable bonds is 7. The molecule has 1 aliphatic heterocycles. The zero-order chi connectivity index (χ0) is 18.5. The van der Waals surface area contributed by atoms with E-state index in [9.17, 15) is 9.59 Å². The molecule has 3 rings (SSSR count). The predicted molar refractivity (Wildman–Crippen MR) is 104 cm³/mol. The number of piperidine rings is 1. The molecule has 1 aliphatic carbocycles. The third-order valence-corrected chi connectivity index (χ3v) is 6.02. The quantitative estimate of drug-likeness (QED) is 0.814. The van der Waals surface area contributed by atoms with Crippen LogP contribution in [-0.4, -0.2) is 35.8 Å². The normalized spacial score (nSPS) is 20.5. The van der Waals surface area contributed by atoms with Crippen LogP contribution in [0.1, 0.15) is 51.5 Å². The summed E-state index contributed by atoms with van der Waals surface area (Å²) in [5.41, 5.74) is 1.38. The van der Waals surface area contributed by atoms with Crippen molar-refractivity contribution in [1.29, 1.82) is 0 Å². The molecule has 0 radical (unpaired) electrons. The molecule has 2 atom stereocenters. The van der Waals surface area contributed by atoms with Crippen molar-refractivity contribution in [2.45, 2.75) is 58.4 Å². The smallest absolute Gasteiger partial charge is 0.245 e. The minimum atomic E-state index is -0.362. The average molecular weight is 357 g/mol. The second-order valence-electron chi connectivity index (χ2n) is 8.10. The van der Waals surface area contributed by atoms with Crippen LogP contribution >= 0.6 is 0 Å². The van der Waals surface area contributed by atoms with Gasteiger partial charge in [-0.2, -0.15) is 0 Å². The largest absolute Gasteiger partial charge is 0.344 e. The Bertz CT molecular complexity index is 604. The van der Waals surface area contributed by atoms with Crippen molar-refractivity contribution >= 4 is 11.8 Å². The highest BCUT2D eigenvalue weighted by atomic mass is 16.2. The first-order valence-corrected chi connectivity index (χ1v) is 10.2. The fraction of sp³-hybridized carbons (Fsp3) is 0.636. The number of hydrogen-bond donors (Lipinski definition) is 1. The summed E-state index contributed by atoms with van der Waals surface area (Å²) in [6.45, 7) is 5.77. The van der Waals surface area contributed by atoms with Gasteiger partial charge < -0.3 is 10.2 Å². The van der Waals surface area contributed by atoms with Crippen LogP contribution in [0.2, 0.25) is 0 Å². The van der Waals surface area contributed by atoms with Gasteiger partial charge in [0.15, 0.2) is 0 Å². The van der Waals surface area contributed by atoms with Crippen molar-refractivity contribution in [3.63, 3.8) is 0 Å². The van der Waals surface area contributed by atoms with Crippen molar-refractivity contribution in [1.82, 2.24) is 10.2 Å². The summed E-state index contributed by atoms with van der Waals surface area (Å²) >= 11 is 0. The first kappa shape index (κ1) is 18.9. The molecule has 1 heterocycles. The molecule has 1 saturated heterocycles. The second kappa shape index (κ2) is 8.70. The third-order valence-electron chi connectivity index (χ3n) is 6.02. The minimum absolute atomic E-state index is 0.0719. The lowest BCUT2D eigenvalue weighted by molar-refractivity contribution is -0.139. The van der Waals surface area contributed by atoms with Gasteiger partial charge in [-0.1, -0.05) is 50.6 Å². The maximum Gasteiger partial charge on any atom is 0.245 e. The average Bonchev–Trinajstić information content (AvgIpc) is 3.51. The lowest BCUT2D eigenvalue weighted by Crippen LogP contribution is -2.53. The van der Waals surface area contributed by atoms with Gasteiger partial charge in [0.25, 0.3) is 0 Å². The highest BCUT2D eigenvalue weighted by molar-refractivity contribution is 5.89. The number of hydrogen-bond acceptors (Lipinski definition) is 2. The van der Waals surface area contributed by atoms with Gasteiger partial charge in [-0.15, -0.1) is 0 Å². The van der Waals surface area contributed by atoms with Crippen LogP contribution in [0, 0.1) is 17.8 Å². The lowest BCUT2D eigenvalue weighted by Gasteiger charge is -2.36. The monoisotopic (exact) mass is 356 g/mol. The maximum absolute atomic E-state index is 13.1. The van der Waals surface area contributed by atoms with Crippen molar-refractivity contribution in [3.05, 3.63) is 35.9 Å². The van der Waals surface area contributed by atoms with Crippen molar-refractivity contribution in [3.8, 4) is 0 Å². The predicted octanol–water partition coefficient (Wildman–Crippen LogP) is 3.41. The van der Waals surface area contributed by atoms with Crippen LogP contribution in [-0.2, 0) is 16.0 Å². The molecule has 2 amide bonds.